The van der Waals surface area contributed by atoms with Gasteiger partial charge in [0.2, 0.25) is 0 Å². The van der Waals surface area contributed by atoms with Crippen LogP contribution >= 0.6 is 22.9 Å². The van der Waals surface area contributed by atoms with E-state index in [1.165, 1.54) is 0 Å². The Kier molecular flexibility index (Phi) is 2.15. The van der Waals surface area contributed by atoms with E-state index in [-0.39, 0.29) is 0 Å². The summed E-state index contributed by atoms with van der Waals surface area (Å²) in [4.78, 5) is 0. The first kappa shape index (κ1) is 7.84. The molecule has 0 fully saturated rings. The van der Waals surface area contributed by atoms with E-state index in [0.29, 0.717) is 0 Å². The minimum Gasteiger partial charge on any atom is -0.142 e. The van der Waals surface area contributed by atoms with E-state index in [2.05, 4.69) is 5.38 Å². The number of hydrogen-bond acceptors (Lipinski definition) is 1. The van der Waals surface area contributed by atoms with E-state index in [9.17, 15) is 0 Å². The maximum Gasteiger partial charge on any atom is 0.0484 e. The lowest BCUT2D eigenvalue weighted by atomic mass is 10.1. The van der Waals surface area contributed by atoms with Crippen molar-refractivity contribution in [2.45, 2.75) is 0 Å². The van der Waals surface area contributed by atoms with Crippen LogP contribution in [-0.4, -0.2) is 0 Å². The van der Waals surface area contributed by atoms with Crippen LogP contribution in [0.3, 0.4) is 0 Å². The van der Waals surface area contributed by atoms with E-state index in [4.69, 9.17) is 11.6 Å². The Hall–Kier alpha value is -0.790. The summed E-state index contributed by atoms with van der Waals surface area (Å²) in [5.74, 6) is 0. The van der Waals surface area contributed by atoms with E-state index < -0.39 is 0 Å². The van der Waals surface area contributed by atoms with Gasteiger partial charge in [-0.1, -0.05) is 29.8 Å². The monoisotopic (exact) mass is 193 g/mol. The van der Waals surface area contributed by atoms with Gasteiger partial charge in [-0.15, -0.1) is 11.3 Å². The Morgan fingerprint density at radius 1 is 1.25 bits per heavy atom. The maximum atomic E-state index is 6.01. The zero-order valence-corrected chi connectivity index (χ0v) is 7.82. The molecule has 0 saturated carbocycles. The van der Waals surface area contributed by atoms with Crippen LogP contribution in [0.1, 0.15) is 0 Å². The third kappa shape index (κ3) is 1.38. The lowest BCUT2D eigenvalue weighted by Crippen LogP contribution is -1.73. The van der Waals surface area contributed by atoms with Crippen molar-refractivity contribution in [2.24, 2.45) is 0 Å². The maximum absolute atomic E-state index is 6.01. The average Bonchev–Trinajstić information content (AvgIpc) is 2.57. The summed E-state index contributed by atoms with van der Waals surface area (Å²) >= 11 is 7.57. The summed E-state index contributed by atoms with van der Waals surface area (Å²) in [5.41, 5.74) is 2.22. The minimum atomic E-state index is 0.796. The van der Waals surface area contributed by atoms with Crippen molar-refractivity contribution in [3.05, 3.63) is 46.1 Å². The summed E-state index contributed by atoms with van der Waals surface area (Å²) in [5, 5.41) is 5.88. The fourth-order valence-corrected chi connectivity index (χ4v) is 1.90. The Morgan fingerprint density at radius 3 is 2.75 bits per heavy atom. The highest BCUT2D eigenvalue weighted by molar-refractivity contribution is 7.07. The number of benzene rings is 1. The Bertz CT molecular complexity index is 365. The molecule has 0 spiro atoms. The zero-order chi connectivity index (χ0) is 8.39. The SMILES string of the molecule is Clc1ccccc1-c1c[c]sc1. The van der Waals surface area contributed by atoms with Crippen LogP contribution in [0.15, 0.2) is 35.7 Å². The third-order valence-electron chi connectivity index (χ3n) is 1.65. The van der Waals surface area contributed by atoms with Crippen molar-refractivity contribution in [3.63, 3.8) is 0 Å². The molecule has 0 aliphatic heterocycles. The van der Waals surface area contributed by atoms with Crippen molar-refractivity contribution >= 4 is 22.9 Å². The van der Waals surface area contributed by atoms with Crippen LogP contribution in [0, 0.1) is 5.38 Å². The van der Waals surface area contributed by atoms with Crippen molar-refractivity contribution in [1.82, 2.24) is 0 Å². The fraction of sp³-hybridized carbons (Fsp3) is 0. The molecule has 2 rings (SSSR count). The Labute approximate surface area is 80.4 Å². The summed E-state index contributed by atoms with van der Waals surface area (Å²) in [6.07, 6.45) is 0. The molecule has 1 aromatic heterocycles. The van der Waals surface area contributed by atoms with Crippen LogP contribution in [-0.2, 0) is 0 Å². The van der Waals surface area contributed by atoms with Gasteiger partial charge in [0.25, 0.3) is 0 Å². The van der Waals surface area contributed by atoms with Crippen molar-refractivity contribution in [3.8, 4) is 11.1 Å². The molecule has 0 unspecified atom stereocenters. The van der Waals surface area contributed by atoms with Gasteiger partial charge in [-0.3, -0.25) is 0 Å². The number of halogens is 1. The molecular formula is C10H6ClS. The largest absolute Gasteiger partial charge is 0.142 e. The molecule has 1 aromatic carbocycles. The van der Waals surface area contributed by atoms with E-state index in [1.54, 1.807) is 11.3 Å². The molecule has 12 heavy (non-hydrogen) atoms. The first-order valence-corrected chi connectivity index (χ1v) is 4.83. The topological polar surface area (TPSA) is 0 Å². The Morgan fingerprint density at radius 2 is 2.08 bits per heavy atom. The first-order valence-electron chi connectivity index (χ1n) is 3.57. The molecule has 0 nitrogen and oxygen atoms in total. The quantitative estimate of drug-likeness (QED) is 0.645. The van der Waals surface area contributed by atoms with Crippen LogP contribution < -0.4 is 0 Å². The van der Waals surface area contributed by atoms with E-state index in [0.717, 1.165) is 16.1 Å². The van der Waals surface area contributed by atoms with Crippen LogP contribution in [0.5, 0.6) is 0 Å². The van der Waals surface area contributed by atoms with Gasteiger partial charge >= 0.3 is 0 Å². The summed E-state index contributed by atoms with van der Waals surface area (Å²) < 4.78 is 0. The fourth-order valence-electron chi connectivity index (χ4n) is 1.07. The zero-order valence-electron chi connectivity index (χ0n) is 6.25. The molecule has 0 saturated heterocycles. The number of thiophene rings is 1. The second-order valence-corrected chi connectivity index (χ2v) is 3.55. The molecule has 0 aliphatic carbocycles. The molecule has 0 amide bonds. The van der Waals surface area contributed by atoms with Gasteiger partial charge in [0, 0.05) is 16.0 Å². The highest BCUT2D eigenvalue weighted by Gasteiger charge is 2.01. The normalized spacial score (nSPS) is 10.1. The molecule has 0 aliphatic rings. The van der Waals surface area contributed by atoms with Crippen LogP contribution in [0.2, 0.25) is 5.02 Å². The summed E-state index contributed by atoms with van der Waals surface area (Å²) in [6.45, 7) is 0. The molecule has 2 aromatic rings. The third-order valence-corrected chi connectivity index (χ3v) is 2.61. The van der Waals surface area contributed by atoms with Gasteiger partial charge in [-0.2, -0.15) is 0 Å². The average molecular weight is 194 g/mol. The molecular weight excluding hydrogens is 188 g/mol. The van der Waals surface area contributed by atoms with Gasteiger partial charge in [0.05, 0.1) is 0 Å². The van der Waals surface area contributed by atoms with E-state index >= 15 is 0 Å². The standard InChI is InChI=1S/C10H6ClS/c11-10-4-2-1-3-9(10)8-5-6-12-7-8/h1-5,7H. The predicted molar refractivity (Wildman–Crippen MR) is 53.6 cm³/mol. The molecule has 0 atom stereocenters. The van der Waals surface area contributed by atoms with Crippen molar-refractivity contribution in [2.75, 3.05) is 0 Å². The summed E-state index contributed by atoms with van der Waals surface area (Å²) in [7, 11) is 0. The first-order chi connectivity index (χ1) is 5.88. The minimum absolute atomic E-state index is 0.796. The molecule has 1 heterocycles. The van der Waals surface area contributed by atoms with Gasteiger partial charge in [0.1, 0.15) is 0 Å². The predicted octanol–water partition coefficient (Wildman–Crippen LogP) is 3.87. The summed E-state index contributed by atoms with van der Waals surface area (Å²) in [6, 6.07) is 9.78. The lowest BCUT2D eigenvalue weighted by Gasteiger charge is -1.98. The Balaban J connectivity index is 2.55. The van der Waals surface area contributed by atoms with E-state index in [1.807, 2.05) is 35.7 Å². The molecule has 0 N–H and O–H groups in total. The van der Waals surface area contributed by atoms with Crippen molar-refractivity contribution in [1.29, 1.82) is 0 Å². The highest BCUT2D eigenvalue weighted by atomic mass is 35.5. The van der Waals surface area contributed by atoms with Crippen LogP contribution in [0.4, 0.5) is 0 Å². The second kappa shape index (κ2) is 3.30. The highest BCUT2D eigenvalue weighted by Crippen LogP contribution is 2.28. The number of rotatable bonds is 1. The van der Waals surface area contributed by atoms with Gasteiger partial charge in [-0.05, 0) is 23.1 Å². The van der Waals surface area contributed by atoms with Gasteiger partial charge < -0.3 is 0 Å². The molecule has 1 radical (unpaired) electrons. The van der Waals surface area contributed by atoms with Crippen LogP contribution in [0.25, 0.3) is 11.1 Å². The van der Waals surface area contributed by atoms with Crippen molar-refractivity contribution < 1.29 is 0 Å². The second-order valence-electron chi connectivity index (χ2n) is 2.43. The molecule has 0 bridgehead atoms. The van der Waals surface area contributed by atoms with Gasteiger partial charge in [0.15, 0.2) is 0 Å². The lowest BCUT2D eigenvalue weighted by molar-refractivity contribution is 1.67. The smallest absolute Gasteiger partial charge is 0.0484 e. The molecule has 2 heteroatoms. The number of hydrogen-bond donors (Lipinski definition) is 0. The molecule has 59 valence electrons. The van der Waals surface area contributed by atoms with Gasteiger partial charge in [-0.25, -0.2) is 0 Å².